The van der Waals surface area contributed by atoms with Crippen LogP contribution >= 0.6 is 0 Å². The summed E-state index contributed by atoms with van der Waals surface area (Å²) in [6.45, 7) is 1.000. The molecule has 0 saturated carbocycles. The van der Waals surface area contributed by atoms with Crippen LogP contribution in [0.4, 0.5) is 0 Å². The van der Waals surface area contributed by atoms with Gasteiger partial charge in [-0.3, -0.25) is 4.79 Å². The van der Waals surface area contributed by atoms with Crippen molar-refractivity contribution in [2.75, 3.05) is 6.61 Å². The predicted octanol–water partition coefficient (Wildman–Crippen LogP) is -2.91. The molecule has 0 unspecified atom stereocenters. The van der Waals surface area contributed by atoms with Crippen LogP contribution in [0.1, 0.15) is 6.92 Å². The lowest BCUT2D eigenvalue weighted by molar-refractivity contribution is -0.119. The zero-order chi connectivity index (χ0) is 4.28. The first-order chi connectivity index (χ1) is 2.27. The fraction of sp³-hybridized carbons (Fsp3) is 0.667. The van der Waals surface area contributed by atoms with Crippen LogP contribution in [0.5, 0.6) is 0 Å². The summed E-state index contributed by atoms with van der Waals surface area (Å²) in [4.78, 5) is 9.56. The molecule has 0 aromatic carbocycles. The van der Waals surface area contributed by atoms with Crippen molar-refractivity contribution in [3.05, 3.63) is 0 Å². The molecule has 0 heterocycles. The summed E-state index contributed by atoms with van der Waals surface area (Å²) in [5, 5.41) is 7.79. The second kappa shape index (κ2) is 16.0. The number of hydrogen-bond donors (Lipinski definition) is 1. The van der Waals surface area contributed by atoms with E-state index < -0.39 is 0 Å². The standard InChI is InChI=1S/C3H6O2.3H2O/c1-3(5)2-4;;;/h4H,2H2,1H3;3*1H2. The average Bonchev–Trinajstić information content (AvgIpc) is 1.38. The van der Waals surface area contributed by atoms with Crippen LogP contribution in [-0.2, 0) is 4.79 Å². The summed E-state index contributed by atoms with van der Waals surface area (Å²) in [5.41, 5.74) is 0. The Kier molecular flexibility index (Phi) is 51.8. The van der Waals surface area contributed by atoms with Crippen LogP contribution in [0.25, 0.3) is 0 Å². The Bertz CT molecular complexity index is 42.9. The van der Waals surface area contributed by atoms with E-state index in [0.717, 1.165) is 0 Å². The van der Waals surface area contributed by atoms with Crippen LogP contribution in [0.15, 0.2) is 0 Å². The van der Waals surface area contributed by atoms with Crippen molar-refractivity contribution in [2.24, 2.45) is 0 Å². The Balaban J connectivity index is -0.0000000267. The van der Waals surface area contributed by atoms with Crippen molar-refractivity contribution in [2.45, 2.75) is 6.92 Å². The highest BCUT2D eigenvalue weighted by Gasteiger charge is 1.78. The van der Waals surface area contributed by atoms with E-state index in [9.17, 15) is 4.79 Å². The van der Waals surface area contributed by atoms with Gasteiger partial charge in [0.2, 0.25) is 0 Å². The molecule has 0 spiro atoms. The molecule has 0 radical (unpaired) electrons. The van der Waals surface area contributed by atoms with Crippen molar-refractivity contribution in [1.29, 1.82) is 0 Å². The Hall–Kier alpha value is -0.490. The van der Waals surface area contributed by atoms with Gasteiger partial charge in [-0.25, -0.2) is 0 Å². The molecular weight excluding hydrogens is 116 g/mol. The third-order valence-electron chi connectivity index (χ3n) is 0.223. The van der Waals surface area contributed by atoms with Crippen LogP contribution < -0.4 is 0 Å². The van der Waals surface area contributed by atoms with E-state index in [1.165, 1.54) is 6.92 Å². The number of rotatable bonds is 1. The molecule has 0 rings (SSSR count). The van der Waals surface area contributed by atoms with Crippen molar-refractivity contribution in [1.82, 2.24) is 0 Å². The number of carbonyl (C=O) groups is 1. The number of ketones is 1. The van der Waals surface area contributed by atoms with Gasteiger partial charge < -0.3 is 21.5 Å². The van der Waals surface area contributed by atoms with Crippen LogP contribution in [0.2, 0.25) is 0 Å². The Labute approximate surface area is 46.9 Å². The van der Waals surface area contributed by atoms with Gasteiger partial charge in [0, 0.05) is 0 Å². The predicted molar refractivity (Wildman–Crippen MR) is 28.6 cm³/mol. The highest BCUT2D eigenvalue weighted by atomic mass is 16.3. The highest BCUT2D eigenvalue weighted by molar-refractivity contribution is 5.76. The Morgan fingerprint density at radius 3 is 1.50 bits per heavy atom. The van der Waals surface area contributed by atoms with Gasteiger partial charge >= 0.3 is 0 Å². The topological polar surface area (TPSA) is 132 Å². The van der Waals surface area contributed by atoms with Crippen molar-refractivity contribution < 1.29 is 26.3 Å². The molecule has 0 atom stereocenters. The smallest absolute Gasteiger partial charge is 0.155 e. The minimum atomic E-state index is -0.333. The van der Waals surface area contributed by atoms with Gasteiger partial charge in [-0.15, -0.1) is 0 Å². The van der Waals surface area contributed by atoms with E-state index in [2.05, 4.69) is 0 Å². The largest absolute Gasteiger partial charge is 0.412 e. The minimum Gasteiger partial charge on any atom is -0.412 e. The Morgan fingerprint density at radius 2 is 1.50 bits per heavy atom. The number of aliphatic hydroxyl groups excluding tert-OH is 1. The molecule has 5 nitrogen and oxygen atoms in total. The third-order valence-corrected chi connectivity index (χ3v) is 0.223. The number of carbonyl (C=O) groups excluding carboxylic acids is 1. The van der Waals surface area contributed by atoms with Crippen molar-refractivity contribution in [3.63, 3.8) is 0 Å². The average molecular weight is 128 g/mol. The molecule has 0 aliphatic carbocycles. The maximum absolute atomic E-state index is 9.56. The van der Waals surface area contributed by atoms with Gasteiger partial charge in [-0.1, -0.05) is 0 Å². The summed E-state index contributed by atoms with van der Waals surface area (Å²) in [7, 11) is 0. The lowest BCUT2D eigenvalue weighted by Crippen LogP contribution is -1.93. The van der Waals surface area contributed by atoms with Crippen LogP contribution in [-0.4, -0.2) is 33.9 Å². The fourth-order valence-electron chi connectivity index (χ4n) is 0. The molecule has 0 fully saturated rings. The number of aliphatic hydroxyl groups is 1. The maximum atomic E-state index is 9.56. The molecular formula is C3H12O5. The SMILES string of the molecule is CC(=O)CO.O.O.O. The summed E-state index contributed by atoms with van der Waals surface area (Å²) < 4.78 is 0. The first kappa shape index (κ1) is 25.8. The maximum Gasteiger partial charge on any atom is 0.155 e. The minimum absolute atomic E-state index is 0. The van der Waals surface area contributed by atoms with E-state index in [1.54, 1.807) is 0 Å². The molecule has 0 aliphatic rings. The van der Waals surface area contributed by atoms with Crippen LogP contribution in [0, 0.1) is 0 Å². The molecule has 8 heavy (non-hydrogen) atoms. The zero-order valence-electron chi connectivity index (χ0n) is 4.56. The third kappa shape index (κ3) is 49.2. The number of Topliss-reactive ketones (excluding diaryl/α,β-unsaturated/α-hetero) is 1. The molecule has 5 heteroatoms. The van der Waals surface area contributed by atoms with E-state index in [4.69, 9.17) is 5.11 Å². The normalized spacial score (nSPS) is 4.75. The summed E-state index contributed by atoms with van der Waals surface area (Å²) in [6.07, 6.45) is 0. The fourth-order valence-corrected chi connectivity index (χ4v) is 0. The van der Waals surface area contributed by atoms with E-state index in [-0.39, 0.29) is 28.8 Å². The van der Waals surface area contributed by atoms with E-state index >= 15 is 0 Å². The number of hydrogen-bond acceptors (Lipinski definition) is 2. The second-order valence-electron chi connectivity index (χ2n) is 0.860. The second-order valence-corrected chi connectivity index (χ2v) is 0.860. The Morgan fingerprint density at radius 1 is 1.38 bits per heavy atom. The van der Waals surface area contributed by atoms with Gasteiger partial charge in [-0.2, -0.15) is 0 Å². The molecule has 7 N–H and O–H groups in total. The van der Waals surface area contributed by atoms with Gasteiger partial charge in [-0.05, 0) is 6.92 Å². The van der Waals surface area contributed by atoms with E-state index in [0.29, 0.717) is 0 Å². The zero-order valence-corrected chi connectivity index (χ0v) is 4.56. The van der Waals surface area contributed by atoms with Crippen molar-refractivity contribution in [3.8, 4) is 0 Å². The molecule has 0 amide bonds. The monoisotopic (exact) mass is 128 g/mol. The highest BCUT2D eigenvalue weighted by Crippen LogP contribution is 1.55. The van der Waals surface area contributed by atoms with Gasteiger partial charge in [0.15, 0.2) is 5.78 Å². The molecule has 0 aromatic rings. The van der Waals surface area contributed by atoms with Crippen molar-refractivity contribution >= 4 is 5.78 Å². The van der Waals surface area contributed by atoms with Crippen LogP contribution in [0.3, 0.4) is 0 Å². The lowest BCUT2D eigenvalue weighted by Gasteiger charge is -1.72. The van der Waals surface area contributed by atoms with E-state index in [1.807, 2.05) is 0 Å². The quantitative estimate of drug-likeness (QED) is 0.405. The molecule has 0 saturated heterocycles. The summed E-state index contributed by atoms with van der Waals surface area (Å²) >= 11 is 0. The lowest BCUT2D eigenvalue weighted by atomic mass is 10.5. The summed E-state index contributed by atoms with van der Waals surface area (Å²) in [5.74, 6) is -0.190. The molecule has 0 aromatic heterocycles. The molecule has 54 valence electrons. The first-order valence-corrected chi connectivity index (χ1v) is 1.37. The van der Waals surface area contributed by atoms with Gasteiger partial charge in [0.1, 0.15) is 6.61 Å². The van der Waals surface area contributed by atoms with Gasteiger partial charge in [0.05, 0.1) is 0 Å². The first-order valence-electron chi connectivity index (χ1n) is 1.37. The molecule has 0 bridgehead atoms. The summed E-state index contributed by atoms with van der Waals surface area (Å²) in [6, 6.07) is 0. The van der Waals surface area contributed by atoms with Gasteiger partial charge in [0.25, 0.3) is 0 Å². The molecule has 0 aliphatic heterocycles.